The molecule has 0 saturated carbocycles. The van der Waals surface area contributed by atoms with Crippen LogP contribution >= 0.6 is 11.8 Å². The zero-order chi connectivity index (χ0) is 15.6. The fourth-order valence-corrected chi connectivity index (χ4v) is 3.69. The van der Waals surface area contributed by atoms with Gasteiger partial charge in [-0.2, -0.15) is 5.10 Å². The molecule has 0 bridgehead atoms. The number of amidine groups is 1. The second kappa shape index (κ2) is 6.33. The van der Waals surface area contributed by atoms with Gasteiger partial charge in [-0.15, -0.1) is 0 Å². The molecule has 0 radical (unpaired) electrons. The van der Waals surface area contributed by atoms with E-state index >= 15 is 0 Å². The van der Waals surface area contributed by atoms with E-state index in [0.29, 0.717) is 13.0 Å². The number of anilines is 1. The van der Waals surface area contributed by atoms with Crippen molar-refractivity contribution in [3.05, 3.63) is 29.3 Å². The van der Waals surface area contributed by atoms with Gasteiger partial charge >= 0.3 is 0 Å². The first-order valence-corrected chi connectivity index (χ1v) is 8.81. The Morgan fingerprint density at radius 2 is 2.39 bits per heavy atom. The monoisotopic (exact) mass is 330 g/mol. The number of thioether (sulfide) groups is 1. The summed E-state index contributed by atoms with van der Waals surface area (Å²) in [6.07, 6.45) is 2.95. The number of hydrazone groups is 1. The Morgan fingerprint density at radius 1 is 1.43 bits per heavy atom. The van der Waals surface area contributed by atoms with Crippen molar-refractivity contribution in [2.75, 3.05) is 24.2 Å². The summed E-state index contributed by atoms with van der Waals surface area (Å²) >= 11 is 1.65. The maximum absolute atomic E-state index is 11.4. The van der Waals surface area contributed by atoms with Gasteiger partial charge in [0.05, 0.1) is 24.8 Å². The molecule has 7 heteroatoms. The van der Waals surface area contributed by atoms with E-state index in [2.05, 4.69) is 20.8 Å². The summed E-state index contributed by atoms with van der Waals surface area (Å²) in [6.45, 7) is 1.55. The quantitative estimate of drug-likeness (QED) is 0.885. The van der Waals surface area contributed by atoms with E-state index in [1.54, 1.807) is 11.8 Å². The van der Waals surface area contributed by atoms with E-state index in [0.717, 1.165) is 52.9 Å². The maximum atomic E-state index is 11.4. The first-order chi connectivity index (χ1) is 11.3. The van der Waals surface area contributed by atoms with Crippen LogP contribution in [-0.2, 0) is 16.0 Å². The molecule has 1 aromatic rings. The average Bonchev–Trinajstić information content (AvgIpc) is 3.21. The number of ether oxygens (including phenoxy) is 1. The van der Waals surface area contributed by atoms with Gasteiger partial charge < -0.3 is 10.1 Å². The summed E-state index contributed by atoms with van der Waals surface area (Å²) in [7, 11) is 0. The second-order valence-corrected chi connectivity index (χ2v) is 6.80. The van der Waals surface area contributed by atoms with E-state index in [1.165, 1.54) is 0 Å². The van der Waals surface area contributed by atoms with E-state index in [-0.39, 0.29) is 12.0 Å². The minimum Gasteiger partial charge on any atom is -0.376 e. The standard InChI is InChI=1S/C16H18N4O2S/c21-15-7-11-4-3-10(6-13(11)18-15)14-9-23-16(20-19-14)17-8-12-2-1-5-22-12/h3-4,6,12H,1-2,5,7-9H2,(H,17,20)(H,18,21). The van der Waals surface area contributed by atoms with Crippen molar-refractivity contribution in [3.63, 3.8) is 0 Å². The van der Waals surface area contributed by atoms with Crippen molar-refractivity contribution < 1.29 is 9.53 Å². The smallest absolute Gasteiger partial charge is 0.228 e. The largest absolute Gasteiger partial charge is 0.376 e. The Hall–Kier alpha value is -1.86. The molecule has 3 aliphatic rings. The first-order valence-electron chi connectivity index (χ1n) is 7.82. The number of fused-ring (bicyclic) bond motifs is 1. The minimum atomic E-state index is 0.0544. The number of hydrogen-bond donors (Lipinski definition) is 2. The normalized spacial score (nSPS) is 25.0. The lowest BCUT2D eigenvalue weighted by molar-refractivity contribution is -0.115. The Morgan fingerprint density at radius 3 is 3.17 bits per heavy atom. The zero-order valence-electron chi connectivity index (χ0n) is 12.7. The fourth-order valence-electron chi connectivity index (χ4n) is 2.91. The van der Waals surface area contributed by atoms with E-state index in [1.807, 2.05) is 18.2 Å². The molecule has 0 aromatic heterocycles. The number of rotatable bonds is 3. The molecule has 1 amide bonds. The van der Waals surface area contributed by atoms with Crippen molar-refractivity contribution in [2.45, 2.75) is 25.4 Å². The van der Waals surface area contributed by atoms with Gasteiger partial charge in [0, 0.05) is 23.6 Å². The van der Waals surface area contributed by atoms with Gasteiger partial charge in [-0.1, -0.05) is 23.9 Å². The first kappa shape index (κ1) is 14.7. The Bertz CT molecular complexity index is 695. The Kier molecular flexibility index (Phi) is 4.05. The number of benzene rings is 1. The molecule has 4 rings (SSSR count). The molecule has 1 unspecified atom stereocenters. The number of nitrogens with zero attached hydrogens (tertiary/aromatic N) is 2. The Balaban J connectivity index is 1.42. The second-order valence-electron chi connectivity index (χ2n) is 5.84. The number of amides is 1. The van der Waals surface area contributed by atoms with Crippen LogP contribution < -0.4 is 10.7 Å². The van der Waals surface area contributed by atoms with Crippen LogP contribution in [0.4, 0.5) is 5.69 Å². The predicted molar refractivity (Wildman–Crippen MR) is 92.2 cm³/mol. The van der Waals surface area contributed by atoms with Crippen LogP contribution in [0.25, 0.3) is 0 Å². The molecular formula is C16H18N4O2S. The van der Waals surface area contributed by atoms with Crippen molar-refractivity contribution in [2.24, 2.45) is 10.1 Å². The molecule has 3 aliphatic heterocycles. The fraction of sp³-hybridized carbons (Fsp3) is 0.438. The molecular weight excluding hydrogens is 312 g/mol. The number of nitrogens with one attached hydrogen (secondary N) is 2. The SMILES string of the molecule is O=C1Cc2ccc(C3=NNC(=NCC4CCCO4)SC3)cc2N1. The van der Waals surface area contributed by atoms with Crippen molar-refractivity contribution in [3.8, 4) is 0 Å². The van der Waals surface area contributed by atoms with Crippen molar-refractivity contribution in [1.29, 1.82) is 0 Å². The van der Waals surface area contributed by atoms with E-state index < -0.39 is 0 Å². The number of carbonyl (C=O) groups excluding carboxylic acids is 1. The lowest BCUT2D eigenvalue weighted by Crippen LogP contribution is -2.26. The van der Waals surface area contributed by atoms with Crippen LogP contribution in [0.1, 0.15) is 24.0 Å². The molecule has 2 N–H and O–H groups in total. The van der Waals surface area contributed by atoms with Crippen LogP contribution in [0.3, 0.4) is 0 Å². The summed E-state index contributed by atoms with van der Waals surface area (Å²) in [5.74, 6) is 0.822. The van der Waals surface area contributed by atoms with Crippen molar-refractivity contribution >= 4 is 34.2 Å². The highest BCUT2D eigenvalue weighted by Gasteiger charge is 2.20. The summed E-state index contributed by atoms with van der Waals surface area (Å²) in [5, 5.41) is 8.16. The summed E-state index contributed by atoms with van der Waals surface area (Å²) in [4.78, 5) is 16.0. The van der Waals surface area contributed by atoms with E-state index in [9.17, 15) is 4.79 Å². The lowest BCUT2D eigenvalue weighted by Gasteiger charge is -2.16. The number of hydrogen-bond acceptors (Lipinski definition) is 5. The highest BCUT2D eigenvalue weighted by atomic mass is 32.2. The van der Waals surface area contributed by atoms with Gasteiger partial charge in [-0.05, 0) is 24.5 Å². The maximum Gasteiger partial charge on any atom is 0.228 e. The van der Waals surface area contributed by atoms with Crippen LogP contribution in [0, 0.1) is 0 Å². The molecule has 3 heterocycles. The van der Waals surface area contributed by atoms with Crippen molar-refractivity contribution in [1.82, 2.24) is 5.43 Å². The van der Waals surface area contributed by atoms with Gasteiger partial charge in [-0.3, -0.25) is 15.2 Å². The summed E-state index contributed by atoms with van der Waals surface area (Å²) in [5.41, 5.74) is 6.98. The number of aliphatic imine (C=N–C) groups is 1. The minimum absolute atomic E-state index is 0.0544. The third-order valence-electron chi connectivity index (χ3n) is 4.16. The highest BCUT2D eigenvalue weighted by molar-refractivity contribution is 8.14. The zero-order valence-corrected chi connectivity index (χ0v) is 13.5. The highest BCUT2D eigenvalue weighted by Crippen LogP contribution is 2.25. The molecule has 0 aliphatic carbocycles. The molecule has 120 valence electrons. The third kappa shape index (κ3) is 3.25. The third-order valence-corrected chi connectivity index (χ3v) is 5.07. The van der Waals surface area contributed by atoms with Crippen LogP contribution in [0.5, 0.6) is 0 Å². The van der Waals surface area contributed by atoms with Gasteiger partial charge in [0.2, 0.25) is 5.91 Å². The van der Waals surface area contributed by atoms with Gasteiger partial charge in [0.15, 0.2) is 5.17 Å². The topological polar surface area (TPSA) is 75.1 Å². The Labute approximate surface area is 138 Å². The molecule has 1 fully saturated rings. The van der Waals surface area contributed by atoms with E-state index in [4.69, 9.17) is 4.74 Å². The number of carbonyl (C=O) groups is 1. The summed E-state index contributed by atoms with van der Waals surface area (Å²) < 4.78 is 5.57. The lowest BCUT2D eigenvalue weighted by atomic mass is 10.1. The molecule has 1 saturated heterocycles. The van der Waals surface area contributed by atoms with Crippen LogP contribution in [-0.4, -0.2) is 41.8 Å². The van der Waals surface area contributed by atoms with Crippen LogP contribution in [0.15, 0.2) is 28.3 Å². The molecule has 1 aromatic carbocycles. The molecule has 1 atom stereocenters. The average molecular weight is 330 g/mol. The van der Waals surface area contributed by atoms with Gasteiger partial charge in [0.1, 0.15) is 0 Å². The summed E-state index contributed by atoms with van der Waals surface area (Å²) in [6, 6.07) is 6.02. The predicted octanol–water partition coefficient (Wildman–Crippen LogP) is 1.76. The molecule has 23 heavy (non-hydrogen) atoms. The molecule has 6 nitrogen and oxygen atoms in total. The molecule has 0 spiro atoms. The van der Waals surface area contributed by atoms with Gasteiger partial charge in [-0.25, -0.2) is 0 Å². The van der Waals surface area contributed by atoms with Gasteiger partial charge in [0.25, 0.3) is 0 Å². The van der Waals surface area contributed by atoms with Crippen LogP contribution in [0.2, 0.25) is 0 Å².